The lowest BCUT2D eigenvalue weighted by atomic mass is 10.3. The van der Waals surface area contributed by atoms with Crippen LogP contribution >= 0.6 is 0 Å². The topological polar surface area (TPSA) is 51.5 Å². The number of halogens is 3. The third kappa shape index (κ3) is 3.94. The number of nitrogens with zero attached hydrogens (tertiary/aromatic N) is 3. The Morgan fingerprint density at radius 3 is 2.90 bits per heavy atom. The molecule has 0 bridgehead atoms. The summed E-state index contributed by atoms with van der Waals surface area (Å²) in [4.78, 5) is 4.02. The van der Waals surface area contributed by atoms with Gasteiger partial charge in [-0.3, -0.25) is 0 Å². The zero-order valence-electron chi connectivity index (χ0n) is 11.4. The summed E-state index contributed by atoms with van der Waals surface area (Å²) in [5.74, 6) is 0.333. The average Bonchev–Trinajstić information content (AvgIpc) is 2.82. The zero-order valence-corrected chi connectivity index (χ0v) is 11.4. The van der Waals surface area contributed by atoms with Crippen LogP contribution in [0.2, 0.25) is 0 Å². The van der Waals surface area contributed by atoms with Crippen molar-refractivity contribution < 1.29 is 17.9 Å². The van der Waals surface area contributed by atoms with Gasteiger partial charge >= 0.3 is 6.18 Å². The lowest BCUT2D eigenvalue weighted by Crippen LogP contribution is -2.11. The Kier molecular flexibility index (Phi) is 4.46. The van der Waals surface area contributed by atoms with E-state index < -0.39 is 11.9 Å². The molecule has 8 heteroatoms. The summed E-state index contributed by atoms with van der Waals surface area (Å²) in [5.41, 5.74) is 0.225. The van der Waals surface area contributed by atoms with E-state index in [9.17, 15) is 13.2 Å². The first-order valence-electron chi connectivity index (χ1n) is 6.25. The van der Waals surface area contributed by atoms with Crippen molar-refractivity contribution in [2.24, 2.45) is 0 Å². The van der Waals surface area contributed by atoms with Gasteiger partial charge in [0.25, 0.3) is 0 Å². The van der Waals surface area contributed by atoms with Crippen molar-refractivity contribution in [3.8, 4) is 0 Å². The third-order valence-electron chi connectivity index (χ3n) is 2.57. The van der Waals surface area contributed by atoms with E-state index in [2.05, 4.69) is 22.0 Å². The van der Waals surface area contributed by atoms with Gasteiger partial charge < -0.3 is 10.1 Å². The van der Waals surface area contributed by atoms with E-state index in [4.69, 9.17) is 4.74 Å². The van der Waals surface area contributed by atoms with Crippen LogP contribution in [0.15, 0.2) is 30.6 Å². The third-order valence-corrected chi connectivity index (χ3v) is 2.57. The van der Waals surface area contributed by atoms with Crippen LogP contribution in [0.25, 0.3) is 5.52 Å². The minimum Gasteiger partial charge on any atom is -0.375 e. The van der Waals surface area contributed by atoms with E-state index in [-0.39, 0.29) is 5.52 Å². The molecule has 0 aliphatic heterocycles. The Hall–Kier alpha value is -2.09. The van der Waals surface area contributed by atoms with Gasteiger partial charge in [0, 0.05) is 25.0 Å². The Bertz CT molecular complexity index is 636. The number of nitrogens with one attached hydrogen (secondary N) is 1. The SMILES string of the molecule is C=C(C)COCCNc1nccn2nc(C(F)(F)F)cc12. The molecule has 0 radical (unpaired) electrons. The molecular formula is C13H15F3N4O. The fourth-order valence-corrected chi connectivity index (χ4v) is 1.68. The van der Waals surface area contributed by atoms with Gasteiger partial charge in [-0.2, -0.15) is 18.3 Å². The van der Waals surface area contributed by atoms with E-state index in [0.29, 0.717) is 25.6 Å². The van der Waals surface area contributed by atoms with Crippen LogP contribution in [-0.4, -0.2) is 34.4 Å². The number of rotatable bonds is 6. The normalized spacial score (nSPS) is 11.8. The number of ether oxygens (including phenoxy) is 1. The Morgan fingerprint density at radius 1 is 1.48 bits per heavy atom. The van der Waals surface area contributed by atoms with Gasteiger partial charge in [-0.1, -0.05) is 12.2 Å². The van der Waals surface area contributed by atoms with Gasteiger partial charge in [0.15, 0.2) is 11.5 Å². The molecule has 114 valence electrons. The molecule has 0 fully saturated rings. The highest BCUT2D eigenvalue weighted by molar-refractivity contribution is 5.67. The van der Waals surface area contributed by atoms with Gasteiger partial charge in [-0.15, -0.1) is 0 Å². The predicted octanol–water partition coefficient (Wildman–Crippen LogP) is 2.75. The first-order chi connectivity index (χ1) is 9.88. The molecular weight excluding hydrogens is 285 g/mol. The molecule has 0 saturated carbocycles. The summed E-state index contributed by atoms with van der Waals surface area (Å²) in [6.45, 7) is 6.82. The van der Waals surface area contributed by atoms with Gasteiger partial charge in [-0.05, 0) is 6.92 Å². The second-order valence-electron chi connectivity index (χ2n) is 4.57. The second-order valence-corrected chi connectivity index (χ2v) is 4.57. The van der Waals surface area contributed by atoms with Crippen molar-refractivity contribution in [3.63, 3.8) is 0 Å². The molecule has 0 atom stereocenters. The summed E-state index contributed by atoms with van der Waals surface area (Å²) < 4.78 is 44.4. The molecule has 0 amide bonds. The highest BCUT2D eigenvalue weighted by Crippen LogP contribution is 2.29. The van der Waals surface area contributed by atoms with Gasteiger partial charge in [0.2, 0.25) is 0 Å². The Morgan fingerprint density at radius 2 is 2.24 bits per heavy atom. The summed E-state index contributed by atoms with van der Waals surface area (Å²) in [6, 6.07) is 0.962. The number of anilines is 1. The minimum absolute atomic E-state index is 0.268. The number of hydrogen-bond acceptors (Lipinski definition) is 4. The quantitative estimate of drug-likeness (QED) is 0.658. The van der Waals surface area contributed by atoms with E-state index in [1.54, 1.807) is 0 Å². The lowest BCUT2D eigenvalue weighted by molar-refractivity contribution is -0.141. The molecule has 0 aliphatic rings. The Balaban J connectivity index is 2.06. The summed E-state index contributed by atoms with van der Waals surface area (Å²) in [5, 5.41) is 6.41. The number of aromatic nitrogens is 3. The molecule has 0 spiro atoms. The van der Waals surface area contributed by atoms with Gasteiger partial charge in [0.05, 0.1) is 13.2 Å². The summed E-state index contributed by atoms with van der Waals surface area (Å²) in [6.07, 6.45) is -1.72. The van der Waals surface area contributed by atoms with Crippen LogP contribution in [0.1, 0.15) is 12.6 Å². The molecule has 0 aliphatic carbocycles. The molecule has 2 heterocycles. The molecule has 5 nitrogen and oxygen atoms in total. The molecule has 2 aromatic rings. The minimum atomic E-state index is -4.48. The summed E-state index contributed by atoms with van der Waals surface area (Å²) in [7, 11) is 0. The molecule has 0 unspecified atom stereocenters. The standard InChI is InChI=1S/C13H15F3N4O/c1-9(2)8-21-6-4-18-12-10-7-11(13(14,15)16)19-20(10)5-3-17-12/h3,5,7H,1,4,6,8H2,2H3,(H,17,18). The first-order valence-corrected chi connectivity index (χ1v) is 6.25. The van der Waals surface area contributed by atoms with E-state index in [1.165, 1.54) is 12.4 Å². The van der Waals surface area contributed by atoms with Crippen LogP contribution in [0.4, 0.5) is 19.0 Å². The number of alkyl halides is 3. The molecule has 0 aromatic carbocycles. The molecule has 2 aromatic heterocycles. The maximum Gasteiger partial charge on any atom is 0.435 e. The largest absolute Gasteiger partial charge is 0.435 e. The maximum atomic E-state index is 12.6. The number of fused-ring (bicyclic) bond motifs is 1. The van der Waals surface area contributed by atoms with E-state index >= 15 is 0 Å². The van der Waals surface area contributed by atoms with Crippen LogP contribution in [-0.2, 0) is 10.9 Å². The van der Waals surface area contributed by atoms with E-state index in [1.807, 2.05) is 6.92 Å². The first kappa shape index (κ1) is 15.3. The average molecular weight is 300 g/mol. The monoisotopic (exact) mass is 300 g/mol. The highest BCUT2D eigenvalue weighted by atomic mass is 19.4. The second kappa shape index (κ2) is 6.13. The predicted molar refractivity (Wildman–Crippen MR) is 72.1 cm³/mol. The fourth-order valence-electron chi connectivity index (χ4n) is 1.68. The van der Waals surface area contributed by atoms with Crippen molar-refractivity contribution in [1.29, 1.82) is 0 Å². The molecule has 2 rings (SSSR count). The smallest absolute Gasteiger partial charge is 0.375 e. The molecule has 21 heavy (non-hydrogen) atoms. The van der Waals surface area contributed by atoms with Crippen molar-refractivity contribution in [1.82, 2.24) is 14.6 Å². The van der Waals surface area contributed by atoms with E-state index in [0.717, 1.165) is 16.2 Å². The molecule has 0 saturated heterocycles. The van der Waals surface area contributed by atoms with Crippen molar-refractivity contribution >= 4 is 11.3 Å². The molecule has 1 N–H and O–H groups in total. The van der Waals surface area contributed by atoms with Crippen LogP contribution in [0, 0.1) is 0 Å². The maximum absolute atomic E-state index is 12.6. The van der Waals surface area contributed by atoms with Crippen molar-refractivity contribution in [3.05, 3.63) is 36.3 Å². The zero-order chi connectivity index (χ0) is 15.5. The van der Waals surface area contributed by atoms with Crippen molar-refractivity contribution in [2.45, 2.75) is 13.1 Å². The highest BCUT2D eigenvalue weighted by Gasteiger charge is 2.34. The summed E-state index contributed by atoms with van der Waals surface area (Å²) >= 11 is 0. The van der Waals surface area contributed by atoms with Crippen LogP contribution in [0.3, 0.4) is 0 Å². The van der Waals surface area contributed by atoms with Gasteiger partial charge in [0.1, 0.15) is 5.52 Å². The lowest BCUT2D eigenvalue weighted by Gasteiger charge is -2.07. The number of hydrogen-bond donors (Lipinski definition) is 1. The van der Waals surface area contributed by atoms with Gasteiger partial charge in [-0.25, -0.2) is 9.50 Å². The van der Waals surface area contributed by atoms with Crippen LogP contribution in [0.5, 0.6) is 0 Å². The Labute approximate surface area is 119 Å². The fraction of sp³-hybridized carbons (Fsp3) is 0.385. The van der Waals surface area contributed by atoms with Crippen LogP contribution < -0.4 is 5.32 Å². The van der Waals surface area contributed by atoms with Crippen molar-refractivity contribution in [2.75, 3.05) is 25.1 Å².